The van der Waals surface area contributed by atoms with Crippen molar-refractivity contribution in [2.24, 2.45) is 0 Å². The molecule has 3 atom stereocenters. The van der Waals surface area contributed by atoms with Crippen LogP contribution >= 0.6 is 81.2 Å². The first-order chi connectivity index (χ1) is 9.23. The van der Waals surface area contributed by atoms with Gasteiger partial charge in [0.1, 0.15) is 14.6 Å². The van der Waals surface area contributed by atoms with Gasteiger partial charge in [-0.3, -0.25) is 0 Å². The normalized spacial score (nSPS) is 41.2. The van der Waals surface area contributed by atoms with Crippen LogP contribution in [0.25, 0.3) is 0 Å². The van der Waals surface area contributed by atoms with Crippen LogP contribution in [0, 0.1) is 11.8 Å². The first-order valence-electron chi connectivity index (χ1n) is 5.96. The van der Waals surface area contributed by atoms with Crippen LogP contribution in [0.2, 0.25) is 0 Å². The van der Waals surface area contributed by atoms with Crippen LogP contribution < -0.4 is 0 Å². The maximum atomic E-state index is 9.71. The van der Waals surface area contributed by atoms with E-state index >= 15 is 0 Å². The molecule has 118 valence electrons. The van der Waals surface area contributed by atoms with Crippen molar-refractivity contribution in [2.75, 3.05) is 0 Å². The molecule has 0 radical (unpaired) electrons. The summed E-state index contributed by atoms with van der Waals surface area (Å²) in [6.07, 6.45) is 0.226. The van der Waals surface area contributed by atoms with Crippen LogP contribution in [0.4, 0.5) is 0 Å². The number of alkyl halides is 5. The zero-order valence-corrected chi connectivity index (χ0v) is 16.3. The van der Waals surface area contributed by atoms with Gasteiger partial charge in [-0.25, -0.2) is 0 Å². The highest BCUT2D eigenvalue weighted by molar-refractivity contribution is 6.67. The fourth-order valence-electron chi connectivity index (χ4n) is 2.47. The van der Waals surface area contributed by atoms with Crippen molar-refractivity contribution in [1.29, 1.82) is 0 Å². The minimum absolute atomic E-state index is 0.00430. The van der Waals surface area contributed by atoms with Gasteiger partial charge in [0.25, 0.3) is 0 Å². The Kier molecular flexibility index (Phi) is 4.56. The minimum Gasteiger partial charge on any atom is -0.389 e. The second-order valence-corrected chi connectivity index (χ2v) is 9.87. The molecule has 1 saturated carbocycles. The summed E-state index contributed by atoms with van der Waals surface area (Å²) in [4.78, 5) is -4.42. The highest BCUT2D eigenvalue weighted by Gasteiger charge is 2.83. The average Bonchev–Trinajstić information content (AvgIpc) is 2.48. The summed E-state index contributed by atoms with van der Waals surface area (Å²) in [6, 6.07) is 0. The van der Waals surface area contributed by atoms with E-state index in [1.165, 1.54) is 0 Å². The summed E-state index contributed by atoms with van der Waals surface area (Å²) in [6.45, 7) is 3.25. The molecule has 0 aromatic rings. The van der Waals surface area contributed by atoms with Gasteiger partial charge in [-0.15, -0.1) is 34.8 Å². The van der Waals surface area contributed by atoms with Crippen molar-refractivity contribution in [1.82, 2.24) is 0 Å². The molecule has 2 bridgehead atoms. The van der Waals surface area contributed by atoms with Crippen molar-refractivity contribution in [2.45, 2.75) is 51.2 Å². The van der Waals surface area contributed by atoms with Gasteiger partial charge < -0.3 is 5.11 Å². The Balaban J connectivity index is 2.51. The number of halogens is 7. The Labute approximate surface area is 158 Å². The van der Waals surface area contributed by atoms with E-state index in [0.717, 1.165) is 0 Å². The zero-order valence-electron chi connectivity index (χ0n) is 11.0. The van der Waals surface area contributed by atoms with E-state index in [4.69, 9.17) is 81.2 Å². The van der Waals surface area contributed by atoms with E-state index in [2.05, 4.69) is 11.8 Å². The smallest absolute Gasteiger partial charge is 0.169 e. The topological polar surface area (TPSA) is 20.2 Å². The summed E-state index contributed by atoms with van der Waals surface area (Å²) in [5, 5.41) is 9.80. The molecule has 0 amide bonds. The molecule has 2 aliphatic carbocycles. The fraction of sp³-hybridized carbons (Fsp3) is 0.692. The van der Waals surface area contributed by atoms with Crippen molar-refractivity contribution < 1.29 is 5.11 Å². The van der Waals surface area contributed by atoms with E-state index in [9.17, 15) is 5.11 Å². The lowest BCUT2D eigenvalue weighted by molar-refractivity contribution is 0.0862. The second-order valence-electron chi connectivity index (χ2n) is 5.93. The SMILES string of the molecule is CC(C)(O)CC#CC1(Cl)CC2(Cl)C(Cl)=C(Cl)C1(Cl)C2(Cl)Cl. The molecule has 2 aliphatic rings. The number of fused-ring (bicyclic) bond motifs is 2. The van der Waals surface area contributed by atoms with Gasteiger partial charge in [-0.2, -0.15) is 0 Å². The third-order valence-electron chi connectivity index (χ3n) is 3.61. The van der Waals surface area contributed by atoms with Gasteiger partial charge in [0, 0.05) is 12.8 Å². The Morgan fingerprint density at radius 3 is 2.00 bits per heavy atom. The lowest BCUT2D eigenvalue weighted by atomic mass is 9.91. The Bertz CT molecular complexity index is 582. The standard InChI is InChI=1S/C13H11Cl7O/c1-9(2,21)4-3-5-10(16)6-11(17)7(14)8(15)12(10,18)13(11,19)20/h21H,4,6H2,1-2H3. The highest BCUT2D eigenvalue weighted by Crippen LogP contribution is 2.76. The largest absolute Gasteiger partial charge is 0.389 e. The lowest BCUT2D eigenvalue weighted by Gasteiger charge is -2.36. The molecule has 0 saturated heterocycles. The van der Waals surface area contributed by atoms with E-state index < -0.39 is 24.6 Å². The van der Waals surface area contributed by atoms with Crippen molar-refractivity contribution in [3.8, 4) is 11.8 Å². The zero-order chi connectivity index (χ0) is 16.5. The molecule has 3 unspecified atom stereocenters. The van der Waals surface area contributed by atoms with Crippen molar-refractivity contribution in [3.05, 3.63) is 10.1 Å². The summed E-state index contributed by atoms with van der Waals surface area (Å²) in [7, 11) is 0. The molecular formula is C13H11Cl7O. The van der Waals surface area contributed by atoms with Crippen LogP contribution in [-0.2, 0) is 0 Å². The summed E-state index contributed by atoms with van der Waals surface area (Å²) in [5.41, 5.74) is -0.966. The number of rotatable bonds is 1. The molecule has 8 heteroatoms. The molecule has 1 fully saturated rings. The molecule has 0 heterocycles. The fourth-order valence-corrected chi connectivity index (χ4v) is 5.98. The van der Waals surface area contributed by atoms with Crippen LogP contribution in [0.1, 0.15) is 26.7 Å². The van der Waals surface area contributed by atoms with E-state index in [1.807, 2.05) is 0 Å². The Morgan fingerprint density at radius 1 is 1.10 bits per heavy atom. The number of hydrogen-bond acceptors (Lipinski definition) is 1. The van der Waals surface area contributed by atoms with Gasteiger partial charge in [0.15, 0.2) is 4.33 Å². The van der Waals surface area contributed by atoms with Gasteiger partial charge in [-0.1, -0.05) is 58.2 Å². The van der Waals surface area contributed by atoms with Crippen LogP contribution in [0.15, 0.2) is 10.1 Å². The molecule has 0 aliphatic heterocycles. The van der Waals surface area contributed by atoms with E-state index in [1.54, 1.807) is 13.8 Å². The maximum absolute atomic E-state index is 9.71. The monoisotopic (exact) mass is 428 g/mol. The van der Waals surface area contributed by atoms with Crippen LogP contribution in [0.3, 0.4) is 0 Å². The van der Waals surface area contributed by atoms with Crippen molar-refractivity contribution in [3.63, 3.8) is 0 Å². The molecule has 2 rings (SSSR count). The molecular weight excluding hydrogens is 420 g/mol. The molecule has 0 aromatic heterocycles. The number of allylic oxidation sites excluding steroid dienone is 2. The molecule has 1 N–H and O–H groups in total. The Morgan fingerprint density at radius 2 is 1.62 bits per heavy atom. The van der Waals surface area contributed by atoms with E-state index in [0.29, 0.717) is 0 Å². The van der Waals surface area contributed by atoms with Gasteiger partial charge in [0.2, 0.25) is 0 Å². The lowest BCUT2D eigenvalue weighted by Crippen LogP contribution is -2.49. The first-order valence-corrected chi connectivity index (χ1v) is 8.61. The van der Waals surface area contributed by atoms with Gasteiger partial charge in [0.05, 0.1) is 15.7 Å². The predicted molar refractivity (Wildman–Crippen MR) is 92.2 cm³/mol. The number of aliphatic hydroxyl groups is 1. The molecule has 0 aromatic carbocycles. The third kappa shape index (κ3) is 2.33. The third-order valence-corrected chi connectivity index (χ3v) is 8.50. The number of hydrogen-bond donors (Lipinski definition) is 1. The van der Waals surface area contributed by atoms with Crippen LogP contribution in [0.5, 0.6) is 0 Å². The summed E-state index contributed by atoms with van der Waals surface area (Å²) < 4.78 is -1.71. The van der Waals surface area contributed by atoms with Gasteiger partial charge in [-0.05, 0) is 13.8 Å². The maximum Gasteiger partial charge on any atom is 0.169 e. The molecule has 0 spiro atoms. The minimum atomic E-state index is -1.71. The Hall–Kier alpha value is 1.29. The average molecular weight is 431 g/mol. The first kappa shape index (κ1) is 18.6. The van der Waals surface area contributed by atoms with Crippen molar-refractivity contribution >= 4 is 81.2 Å². The predicted octanol–water partition coefficient (Wildman–Crippen LogP) is 5.36. The highest BCUT2D eigenvalue weighted by atomic mass is 35.5. The summed E-state index contributed by atoms with van der Waals surface area (Å²) in [5.74, 6) is 5.60. The second kappa shape index (κ2) is 5.14. The summed E-state index contributed by atoms with van der Waals surface area (Å²) >= 11 is 44.6. The molecule has 1 nitrogen and oxygen atoms in total. The van der Waals surface area contributed by atoms with E-state index in [-0.39, 0.29) is 22.9 Å². The van der Waals surface area contributed by atoms with Crippen LogP contribution in [-0.4, -0.2) is 29.7 Å². The molecule has 21 heavy (non-hydrogen) atoms. The van der Waals surface area contributed by atoms with Gasteiger partial charge >= 0.3 is 0 Å². The quantitative estimate of drug-likeness (QED) is 0.438.